The van der Waals surface area contributed by atoms with Crippen molar-refractivity contribution in [1.29, 1.82) is 0 Å². The zero-order valence-corrected chi connectivity index (χ0v) is 10.9. The summed E-state index contributed by atoms with van der Waals surface area (Å²) < 4.78 is 37.1. The zero-order valence-electron chi connectivity index (χ0n) is 9.33. The minimum Gasteiger partial charge on any atom is -0.239 e. The Morgan fingerprint density at radius 1 is 1.18 bits per heavy atom. The van der Waals surface area contributed by atoms with E-state index >= 15 is 0 Å². The van der Waals surface area contributed by atoms with Crippen LogP contribution < -0.4 is 0 Å². The lowest BCUT2D eigenvalue weighted by Gasteiger charge is -2.30. The van der Waals surface area contributed by atoms with Crippen molar-refractivity contribution in [2.45, 2.75) is 42.7 Å². The lowest BCUT2D eigenvalue weighted by Crippen LogP contribution is -2.23. The van der Waals surface area contributed by atoms with Crippen LogP contribution in [0.5, 0.6) is 0 Å². The van der Waals surface area contributed by atoms with E-state index in [1.54, 1.807) is 12.1 Å². The Labute approximate surface area is 105 Å². The smallest absolute Gasteiger partial charge is 0.239 e. The second-order valence-electron chi connectivity index (χ2n) is 4.49. The summed E-state index contributed by atoms with van der Waals surface area (Å²) in [7, 11) is 1.48. The largest absolute Gasteiger partial charge is 0.261 e. The van der Waals surface area contributed by atoms with Crippen LogP contribution in [0.4, 0.5) is 4.39 Å². The molecule has 1 aromatic carbocycles. The van der Waals surface area contributed by atoms with Gasteiger partial charge in [0.25, 0.3) is 9.05 Å². The van der Waals surface area contributed by atoms with Crippen LogP contribution in [-0.4, -0.2) is 8.42 Å². The average molecular weight is 277 g/mol. The molecule has 0 aliphatic heterocycles. The van der Waals surface area contributed by atoms with Gasteiger partial charge in [-0.3, -0.25) is 0 Å². The Kier molecular flexibility index (Phi) is 3.46. The van der Waals surface area contributed by atoms with Gasteiger partial charge in [0.15, 0.2) is 0 Å². The quantitative estimate of drug-likeness (QED) is 0.771. The maximum absolute atomic E-state index is 14.6. The fraction of sp³-hybridized carbons (Fsp3) is 0.500. The van der Waals surface area contributed by atoms with E-state index in [9.17, 15) is 12.8 Å². The van der Waals surface area contributed by atoms with Gasteiger partial charge in [0.1, 0.15) is 5.67 Å². The van der Waals surface area contributed by atoms with Gasteiger partial charge in [-0.1, -0.05) is 18.6 Å². The second-order valence-corrected chi connectivity index (χ2v) is 7.06. The molecule has 0 unspecified atom stereocenters. The Morgan fingerprint density at radius 2 is 1.82 bits per heavy atom. The molecule has 0 spiro atoms. The molecule has 0 heterocycles. The molecule has 5 heteroatoms. The molecular weight excluding hydrogens is 263 g/mol. The molecule has 0 aromatic heterocycles. The molecule has 0 N–H and O–H groups in total. The van der Waals surface area contributed by atoms with Crippen molar-refractivity contribution in [2.24, 2.45) is 0 Å². The highest BCUT2D eigenvalue weighted by Gasteiger charge is 2.34. The van der Waals surface area contributed by atoms with Crippen LogP contribution in [0, 0.1) is 0 Å². The number of alkyl halides is 1. The molecule has 94 valence electrons. The normalized spacial score (nSPS) is 20.1. The third-order valence-electron chi connectivity index (χ3n) is 3.28. The van der Waals surface area contributed by atoms with Crippen LogP contribution >= 0.6 is 10.7 Å². The minimum absolute atomic E-state index is 0.0285. The van der Waals surface area contributed by atoms with E-state index in [1.807, 2.05) is 0 Å². The summed E-state index contributed by atoms with van der Waals surface area (Å²) in [4.78, 5) is -0.0285. The van der Waals surface area contributed by atoms with Crippen LogP contribution in [0.2, 0.25) is 0 Å². The summed E-state index contributed by atoms with van der Waals surface area (Å²) in [6.45, 7) is 0. The highest BCUT2D eigenvalue weighted by atomic mass is 35.7. The van der Waals surface area contributed by atoms with E-state index in [0.717, 1.165) is 19.3 Å². The van der Waals surface area contributed by atoms with Crippen LogP contribution in [0.1, 0.15) is 37.7 Å². The topological polar surface area (TPSA) is 34.1 Å². The third-order valence-corrected chi connectivity index (χ3v) is 4.63. The standard InChI is InChI=1S/C12H14ClFO2S/c13-17(15,16)11-6-4-5-10(9-11)12(14)7-2-1-3-8-12/h4-6,9H,1-3,7-8H2. The molecule has 1 saturated carbocycles. The Hall–Kier alpha value is -0.610. The molecule has 1 aliphatic rings. The van der Waals surface area contributed by atoms with Crippen LogP contribution in [0.25, 0.3) is 0 Å². The van der Waals surface area contributed by atoms with Crippen LogP contribution in [0.15, 0.2) is 29.2 Å². The first kappa shape index (κ1) is 12.8. The number of rotatable bonds is 2. The molecular formula is C12H14ClFO2S. The number of benzene rings is 1. The van der Waals surface area contributed by atoms with Gasteiger partial charge in [0, 0.05) is 10.7 Å². The van der Waals surface area contributed by atoms with Crippen molar-refractivity contribution >= 4 is 19.7 Å². The lowest BCUT2D eigenvalue weighted by atomic mass is 9.81. The molecule has 0 amide bonds. The van der Waals surface area contributed by atoms with Gasteiger partial charge in [-0.15, -0.1) is 0 Å². The predicted octanol–water partition coefficient (Wildman–Crippen LogP) is 3.74. The first-order valence-corrected chi connectivity index (χ1v) is 7.97. The van der Waals surface area contributed by atoms with Crippen molar-refractivity contribution in [3.05, 3.63) is 29.8 Å². The van der Waals surface area contributed by atoms with Crippen LogP contribution in [-0.2, 0) is 14.7 Å². The molecule has 1 fully saturated rings. The van der Waals surface area contributed by atoms with E-state index in [2.05, 4.69) is 0 Å². The maximum Gasteiger partial charge on any atom is 0.261 e. The van der Waals surface area contributed by atoms with Crippen molar-refractivity contribution < 1.29 is 12.8 Å². The fourth-order valence-electron chi connectivity index (χ4n) is 2.33. The van der Waals surface area contributed by atoms with E-state index < -0.39 is 14.7 Å². The summed E-state index contributed by atoms with van der Waals surface area (Å²) >= 11 is 0. The molecule has 0 saturated heterocycles. The van der Waals surface area contributed by atoms with Crippen molar-refractivity contribution in [1.82, 2.24) is 0 Å². The van der Waals surface area contributed by atoms with Crippen molar-refractivity contribution in [2.75, 3.05) is 0 Å². The van der Waals surface area contributed by atoms with E-state index in [4.69, 9.17) is 10.7 Å². The molecule has 2 rings (SSSR count). The number of hydrogen-bond donors (Lipinski definition) is 0. The Morgan fingerprint density at radius 3 is 2.41 bits per heavy atom. The highest BCUT2D eigenvalue weighted by Crippen LogP contribution is 2.41. The third kappa shape index (κ3) is 2.80. The predicted molar refractivity (Wildman–Crippen MR) is 65.4 cm³/mol. The van der Waals surface area contributed by atoms with Crippen molar-refractivity contribution in [3.8, 4) is 0 Å². The van der Waals surface area contributed by atoms with Crippen molar-refractivity contribution in [3.63, 3.8) is 0 Å². The number of hydrogen-bond acceptors (Lipinski definition) is 2. The van der Waals surface area contributed by atoms with E-state index in [-0.39, 0.29) is 4.90 Å². The van der Waals surface area contributed by atoms with Gasteiger partial charge in [-0.25, -0.2) is 12.8 Å². The summed E-state index contributed by atoms with van der Waals surface area (Å²) in [5.41, 5.74) is -0.963. The molecule has 0 bridgehead atoms. The number of halogens is 2. The Bertz CT molecular complexity index is 507. The summed E-state index contributed by atoms with van der Waals surface area (Å²) in [5.74, 6) is 0. The monoisotopic (exact) mass is 276 g/mol. The first-order chi connectivity index (χ1) is 7.92. The zero-order chi connectivity index (χ0) is 12.5. The van der Waals surface area contributed by atoms with Gasteiger partial charge >= 0.3 is 0 Å². The lowest BCUT2D eigenvalue weighted by molar-refractivity contribution is 0.106. The molecule has 0 atom stereocenters. The van der Waals surface area contributed by atoms with Gasteiger partial charge in [0.05, 0.1) is 4.90 Å². The van der Waals surface area contributed by atoms with Gasteiger partial charge in [0.2, 0.25) is 0 Å². The molecule has 0 radical (unpaired) electrons. The molecule has 1 aliphatic carbocycles. The van der Waals surface area contributed by atoms with E-state index in [1.165, 1.54) is 12.1 Å². The van der Waals surface area contributed by atoms with Crippen LogP contribution in [0.3, 0.4) is 0 Å². The van der Waals surface area contributed by atoms with Gasteiger partial charge in [-0.2, -0.15) is 0 Å². The fourth-order valence-corrected chi connectivity index (χ4v) is 3.12. The van der Waals surface area contributed by atoms with Gasteiger partial charge in [-0.05, 0) is 43.4 Å². The van der Waals surface area contributed by atoms with Gasteiger partial charge < -0.3 is 0 Å². The summed E-state index contributed by atoms with van der Waals surface area (Å²) in [6, 6.07) is 5.92. The molecule has 1 aromatic rings. The molecule has 17 heavy (non-hydrogen) atoms. The van der Waals surface area contributed by atoms with E-state index in [0.29, 0.717) is 18.4 Å². The SMILES string of the molecule is O=S(=O)(Cl)c1cccc(C2(F)CCCCC2)c1. The molecule has 2 nitrogen and oxygen atoms in total. The first-order valence-electron chi connectivity index (χ1n) is 5.66. The highest BCUT2D eigenvalue weighted by molar-refractivity contribution is 8.13. The average Bonchev–Trinajstić information content (AvgIpc) is 2.29. The summed E-state index contributed by atoms with van der Waals surface area (Å²) in [5, 5.41) is 0. The minimum atomic E-state index is -3.79. The summed E-state index contributed by atoms with van der Waals surface area (Å²) in [6.07, 6.45) is 3.64. The maximum atomic E-state index is 14.6. The Balaban J connectivity index is 2.39. The second kappa shape index (κ2) is 4.58.